The number of ether oxygens (including phenoxy) is 4. The zero-order chi connectivity index (χ0) is 46.2. The van der Waals surface area contributed by atoms with Crippen molar-refractivity contribution >= 4 is 71.2 Å². The normalized spacial score (nSPS) is 12.0. The zero-order valence-corrected chi connectivity index (χ0v) is 37.0. The molecule has 0 atom stereocenters. The highest BCUT2D eigenvalue weighted by molar-refractivity contribution is 6.08. The van der Waals surface area contributed by atoms with Crippen LogP contribution in [0.3, 0.4) is 0 Å². The predicted molar refractivity (Wildman–Crippen MR) is 235 cm³/mol. The van der Waals surface area contributed by atoms with E-state index in [-0.39, 0.29) is 23.4 Å². The summed E-state index contributed by atoms with van der Waals surface area (Å²) in [6, 6.07) is 19.3. The van der Waals surface area contributed by atoms with E-state index < -0.39 is 41.0 Å². The molecule has 18 heteroatoms. The summed E-state index contributed by atoms with van der Waals surface area (Å²) in [6.07, 6.45) is -2.41. The van der Waals surface area contributed by atoms with Gasteiger partial charge in [-0.3, -0.25) is 30.0 Å². The smallest absolute Gasteiger partial charge is 0.437 e. The highest BCUT2D eigenvalue weighted by Crippen LogP contribution is 2.18. The topological polar surface area (TPSA) is 236 Å². The van der Waals surface area contributed by atoms with Crippen molar-refractivity contribution in [1.29, 1.82) is 0 Å². The van der Waals surface area contributed by atoms with E-state index in [0.29, 0.717) is 40.3 Å². The molecule has 0 fully saturated rings. The molecule has 0 heterocycles. The van der Waals surface area contributed by atoms with Gasteiger partial charge < -0.3 is 40.2 Å². The maximum atomic E-state index is 13.0. The molecule has 3 aromatic rings. The van der Waals surface area contributed by atoms with E-state index in [2.05, 4.69) is 46.6 Å². The Hall–Kier alpha value is -6.98. The summed E-state index contributed by atoms with van der Waals surface area (Å²) < 4.78 is 20.3. The summed E-state index contributed by atoms with van der Waals surface area (Å²) in [5.41, 5.74) is 0.0731. The molecule has 330 valence electrons. The Morgan fingerprint density at radius 2 is 0.803 bits per heavy atom. The molecule has 3 rings (SSSR count). The lowest BCUT2D eigenvalue weighted by atomic mass is 10.1. The number of alkyl carbamates (subject to hydrolysis) is 2. The van der Waals surface area contributed by atoms with E-state index in [1.807, 2.05) is 20.8 Å². The summed E-state index contributed by atoms with van der Waals surface area (Å²) in [4.78, 5) is 80.1. The number of nitrogens with one attached hydrogen (secondary N) is 6. The fourth-order valence-electron chi connectivity index (χ4n) is 4.28. The van der Waals surface area contributed by atoms with Gasteiger partial charge in [-0.15, -0.1) is 4.99 Å². The third-order valence-electron chi connectivity index (χ3n) is 6.68. The molecule has 6 N–H and O–H groups in total. The average molecular weight is 847 g/mol. The number of nitrogens with zero attached hydrogens (tertiary/aromatic N) is 2. The Morgan fingerprint density at radius 1 is 0.475 bits per heavy atom. The van der Waals surface area contributed by atoms with Crippen LogP contribution in [-0.2, 0) is 23.7 Å². The van der Waals surface area contributed by atoms with Crippen LogP contribution in [0.5, 0.6) is 0 Å². The molecule has 0 radical (unpaired) electrons. The number of carbonyl (C=O) groups excluding carboxylic acids is 6. The Morgan fingerprint density at radius 3 is 1.10 bits per heavy atom. The van der Waals surface area contributed by atoms with Gasteiger partial charge in [-0.1, -0.05) is 0 Å². The molecule has 0 aromatic heterocycles. The number of guanidine groups is 2. The fourth-order valence-corrected chi connectivity index (χ4v) is 4.28. The number of rotatable bonds is 7. The third-order valence-corrected chi connectivity index (χ3v) is 6.68. The summed E-state index contributed by atoms with van der Waals surface area (Å²) in [5.74, 6) is -0.840. The lowest BCUT2D eigenvalue weighted by molar-refractivity contribution is -0.138. The van der Waals surface area contributed by atoms with Crippen LogP contribution in [0.4, 0.5) is 37.1 Å². The van der Waals surface area contributed by atoms with E-state index in [4.69, 9.17) is 14.2 Å². The number of carbonyl (C=O) groups is 6. The second-order valence-corrected chi connectivity index (χ2v) is 17.0. The molecular formula is C43H58N8O10. The van der Waals surface area contributed by atoms with Crippen LogP contribution in [0, 0.1) is 0 Å². The monoisotopic (exact) mass is 846 g/mol. The molecule has 0 unspecified atom stereocenters. The minimum absolute atomic E-state index is 0.185. The molecule has 61 heavy (non-hydrogen) atoms. The van der Waals surface area contributed by atoms with Crippen molar-refractivity contribution in [1.82, 2.24) is 10.6 Å². The Bertz CT molecular complexity index is 2040. The van der Waals surface area contributed by atoms with E-state index in [0.717, 1.165) is 0 Å². The van der Waals surface area contributed by atoms with Gasteiger partial charge in [0.25, 0.3) is 18.3 Å². The third kappa shape index (κ3) is 21.6. The van der Waals surface area contributed by atoms with Gasteiger partial charge in [0.2, 0.25) is 11.9 Å². The molecule has 18 nitrogen and oxygen atoms in total. The highest BCUT2D eigenvalue weighted by Gasteiger charge is 2.21. The molecular weight excluding hydrogens is 789 g/mol. The lowest BCUT2D eigenvalue weighted by Gasteiger charge is -2.21. The summed E-state index contributed by atoms with van der Waals surface area (Å²) >= 11 is 0. The first-order chi connectivity index (χ1) is 28.1. The minimum Gasteiger partial charge on any atom is -0.462 e. The lowest BCUT2D eigenvalue weighted by Crippen LogP contribution is -2.40. The molecule has 0 aliphatic rings. The first kappa shape index (κ1) is 50.2. The van der Waals surface area contributed by atoms with Crippen molar-refractivity contribution in [2.45, 2.75) is 105 Å². The number of amides is 5. The van der Waals surface area contributed by atoms with E-state index >= 15 is 0 Å². The number of hydrogen-bond donors (Lipinski definition) is 6. The van der Waals surface area contributed by atoms with Crippen molar-refractivity contribution in [3.63, 3.8) is 0 Å². The van der Waals surface area contributed by atoms with Gasteiger partial charge in [-0.25, -0.2) is 14.4 Å². The van der Waals surface area contributed by atoms with E-state index in [9.17, 15) is 28.8 Å². The average Bonchev–Trinajstić information content (AvgIpc) is 3.10. The first-order valence-electron chi connectivity index (χ1n) is 19.0. The second-order valence-electron chi connectivity index (χ2n) is 17.0. The molecule has 0 aliphatic heterocycles. The quantitative estimate of drug-likeness (QED) is 0.0570. The Kier molecular flexibility index (Phi) is 18.0. The van der Waals surface area contributed by atoms with Gasteiger partial charge in [0.1, 0.15) is 22.4 Å². The Balaban J connectivity index is 0.00000168. The summed E-state index contributed by atoms with van der Waals surface area (Å²) in [7, 11) is 1.51. The molecule has 0 saturated heterocycles. The molecule has 0 bridgehead atoms. The second kappa shape index (κ2) is 21.9. The molecule has 0 saturated carbocycles. The predicted octanol–water partition coefficient (Wildman–Crippen LogP) is 8.30. The Labute approximate surface area is 356 Å². The van der Waals surface area contributed by atoms with Crippen molar-refractivity contribution in [2.24, 2.45) is 9.98 Å². The zero-order valence-electron chi connectivity index (χ0n) is 37.0. The maximum absolute atomic E-state index is 13.0. The van der Waals surface area contributed by atoms with E-state index in [1.54, 1.807) is 111 Å². The summed E-state index contributed by atoms with van der Waals surface area (Å²) in [6.45, 7) is 21.3. The van der Waals surface area contributed by atoms with Crippen LogP contribution < -0.4 is 31.9 Å². The molecule has 0 aliphatic carbocycles. The van der Waals surface area contributed by atoms with Crippen LogP contribution in [0.1, 0.15) is 104 Å². The van der Waals surface area contributed by atoms with Crippen molar-refractivity contribution < 1.29 is 47.7 Å². The van der Waals surface area contributed by atoms with Gasteiger partial charge >= 0.3 is 18.3 Å². The minimum atomic E-state index is -0.927. The van der Waals surface area contributed by atoms with Gasteiger partial charge in [0, 0.05) is 40.9 Å². The molecule has 0 spiro atoms. The van der Waals surface area contributed by atoms with Crippen LogP contribution >= 0.6 is 0 Å². The standard InChI is InChI=1S/C38H48N8O8.C5H10O2/c1-36(2,3)52-33(49)44-31(39-10)42-27-19-15-25(16-20-27)40-29(47)23-11-13-24(14-12-23)30(48)41-26-17-21-28(22-18-26)43-32(45-34(50)53-37(4,5)6)46-35(51)54-38(7,8)9;1-5(2,3)7-4-6/h11-22H,1-10H3,(H,40,47)(H,41,48)(H2,39,42,44,49)(H2,43,45,46,50,51);4H,1-3H3. The van der Waals surface area contributed by atoms with Crippen LogP contribution in [0.2, 0.25) is 0 Å². The van der Waals surface area contributed by atoms with Gasteiger partial charge in [0.05, 0.1) is 0 Å². The highest BCUT2D eigenvalue weighted by atomic mass is 16.6. The largest absolute Gasteiger partial charge is 0.462 e. The van der Waals surface area contributed by atoms with Crippen LogP contribution in [0.15, 0.2) is 82.8 Å². The fraction of sp³-hybridized carbons (Fsp3) is 0.395. The van der Waals surface area contributed by atoms with Crippen LogP contribution in [-0.4, -0.2) is 77.9 Å². The molecule has 5 amide bonds. The molecule has 3 aromatic carbocycles. The van der Waals surface area contributed by atoms with E-state index in [1.165, 1.54) is 31.3 Å². The van der Waals surface area contributed by atoms with Crippen molar-refractivity contribution in [2.75, 3.05) is 28.3 Å². The van der Waals surface area contributed by atoms with Gasteiger partial charge in [0.15, 0.2) is 0 Å². The number of hydrogen-bond acceptors (Lipinski definition) is 11. The maximum Gasteiger partial charge on any atom is 0.437 e. The van der Waals surface area contributed by atoms with Gasteiger partial charge in [-0.2, -0.15) is 0 Å². The van der Waals surface area contributed by atoms with Crippen molar-refractivity contribution in [3.05, 3.63) is 83.9 Å². The van der Waals surface area contributed by atoms with Crippen molar-refractivity contribution in [3.8, 4) is 0 Å². The van der Waals surface area contributed by atoms with Crippen LogP contribution in [0.25, 0.3) is 0 Å². The number of benzene rings is 3. The SMILES string of the molecule is CC(C)(C)OC=O.CN=C(NC(=O)OC(C)(C)C)Nc1ccc(NC(=O)c2ccc(C(=O)Nc3ccc(N/C(=N/C(=O)OC(C)(C)C)NC(=O)OC(C)(C)C)cc3)cc2)cc1. The first-order valence-corrected chi connectivity index (χ1v) is 19.0. The number of anilines is 4. The van der Waals surface area contributed by atoms with Gasteiger partial charge in [-0.05, 0) is 156 Å². The number of aliphatic imine (C=N–C) groups is 2. The summed E-state index contributed by atoms with van der Waals surface area (Å²) in [5, 5.41) is 16.3.